The van der Waals surface area contributed by atoms with Crippen molar-refractivity contribution in [2.24, 2.45) is 5.73 Å². The van der Waals surface area contributed by atoms with Gasteiger partial charge in [-0.15, -0.1) is 0 Å². The first-order chi connectivity index (χ1) is 9.24. The van der Waals surface area contributed by atoms with E-state index in [0.717, 1.165) is 11.3 Å². The summed E-state index contributed by atoms with van der Waals surface area (Å²) in [6.07, 6.45) is 1.25. The monoisotopic (exact) mass is 300 g/mol. The van der Waals surface area contributed by atoms with Gasteiger partial charge in [-0.1, -0.05) is 12.1 Å². The molecule has 0 aliphatic heterocycles. The molecule has 1 aromatic carbocycles. The van der Waals surface area contributed by atoms with Gasteiger partial charge in [-0.05, 0) is 31.7 Å². The van der Waals surface area contributed by atoms with Gasteiger partial charge in [0.05, 0.1) is 12.9 Å². The topological polar surface area (TPSA) is 72.6 Å². The number of hydrogen-bond acceptors (Lipinski definition) is 5. The molecule has 2 atom stereocenters. The van der Waals surface area contributed by atoms with E-state index < -0.39 is 9.84 Å². The quantitative estimate of drug-likeness (QED) is 0.815. The fraction of sp³-hybridized carbons (Fsp3) is 0.571. The number of benzene rings is 1. The Hall–Kier alpha value is -1.11. The highest BCUT2D eigenvalue weighted by molar-refractivity contribution is 7.90. The van der Waals surface area contributed by atoms with Crippen LogP contribution in [0.5, 0.6) is 5.75 Å². The molecule has 0 bridgehead atoms. The number of methoxy groups -OCH3 is 1. The molecule has 20 heavy (non-hydrogen) atoms. The molecular weight excluding hydrogens is 276 g/mol. The van der Waals surface area contributed by atoms with Crippen LogP contribution in [0.15, 0.2) is 24.3 Å². The van der Waals surface area contributed by atoms with Crippen molar-refractivity contribution < 1.29 is 13.2 Å². The lowest BCUT2D eigenvalue weighted by molar-refractivity contribution is 0.231. The molecule has 0 aromatic heterocycles. The van der Waals surface area contributed by atoms with Gasteiger partial charge < -0.3 is 10.5 Å². The third kappa shape index (κ3) is 5.11. The lowest BCUT2D eigenvalue weighted by Gasteiger charge is -2.31. The van der Waals surface area contributed by atoms with Crippen LogP contribution >= 0.6 is 0 Å². The summed E-state index contributed by atoms with van der Waals surface area (Å²) in [5, 5.41) is 0. The van der Waals surface area contributed by atoms with Gasteiger partial charge in [0.2, 0.25) is 0 Å². The maximum Gasteiger partial charge on any atom is 0.148 e. The zero-order chi connectivity index (χ0) is 15.3. The predicted octanol–water partition coefficient (Wildman–Crippen LogP) is 1.06. The Morgan fingerprint density at radius 1 is 1.30 bits per heavy atom. The number of hydrogen-bond donors (Lipinski definition) is 1. The molecule has 5 nitrogen and oxygen atoms in total. The third-order valence-corrected chi connectivity index (χ3v) is 4.17. The smallest absolute Gasteiger partial charge is 0.148 e. The van der Waals surface area contributed by atoms with Crippen LogP contribution in [0.4, 0.5) is 0 Å². The summed E-state index contributed by atoms with van der Waals surface area (Å²) in [6.45, 7) is 2.38. The molecule has 2 N–H and O–H groups in total. The van der Waals surface area contributed by atoms with Crippen LogP contribution in [0.2, 0.25) is 0 Å². The predicted molar refractivity (Wildman–Crippen MR) is 81.7 cm³/mol. The summed E-state index contributed by atoms with van der Waals surface area (Å²) in [6, 6.07) is 7.56. The molecule has 0 amide bonds. The molecule has 1 rings (SSSR count). The SMILES string of the molecule is COc1ccc(C(C(C)N)N(C)CCS(C)(=O)=O)cc1. The number of ether oxygens (including phenoxy) is 1. The molecule has 1 aromatic rings. The minimum atomic E-state index is -2.97. The van der Waals surface area contributed by atoms with E-state index in [1.165, 1.54) is 6.26 Å². The van der Waals surface area contributed by atoms with E-state index >= 15 is 0 Å². The molecule has 2 unspecified atom stereocenters. The molecule has 0 saturated heterocycles. The molecule has 0 heterocycles. The highest BCUT2D eigenvalue weighted by atomic mass is 32.2. The zero-order valence-electron chi connectivity index (χ0n) is 12.5. The van der Waals surface area contributed by atoms with E-state index in [-0.39, 0.29) is 17.8 Å². The Kier molecular flexibility index (Phi) is 5.98. The van der Waals surface area contributed by atoms with Crippen molar-refractivity contribution in [3.8, 4) is 5.75 Å². The van der Waals surface area contributed by atoms with Crippen LogP contribution in [0.25, 0.3) is 0 Å². The zero-order valence-corrected chi connectivity index (χ0v) is 13.4. The summed E-state index contributed by atoms with van der Waals surface area (Å²) in [5.41, 5.74) is 7.11. The second-order valence-electron chi connectivity index (χ2n) is 5.19. The minimum absolute atomic E-state index is 0.0253. The fourth-order valence-corrected chi connectivity index (χ4v) is 2.83. The normalized spacial score (nSPS) is 15.1. The molecule has 0 aliphatic rings. The summed E-state index contributed by atoms with van der Waals surface area (Å²) >= 11 is 0. The largest absolute Gasteiger partial charge is 0.497 e. The van der Waals surface area contributed by atoms with Gasteiger partial charge in [0, 0.05) is 24.9 Å². The summed E-state index contributed by atoms with van der Waals surface area (Å²) in [7, 11) is 0.540. The molecule has 114 valence electrons. The van der Waals surface area contributed by atoms with E-state index in [4.69, 9.17) is 10.5 Å². The van der Waals surface area contributed by atoms with E-state index in [2.05, 4.69) is 0 Å². The first kappa shape index (κ1) is 16.9. The van der Waals surface area contributed by atoms with Gasteiger partial charge in [-0.2, -0.15) is 0 Å². The van der Waals surface area contributed by atoms with Crippen molar-refractivity contribution in [2.45, 2.75) is 19.0 Å². The summed E-state index contributed by atoms with van der Waals surface area (Å²) in [5.74, 6) is 0.916. The number of likely N-dealkylation sites (N-methyl/N-ethyl adjacent to an activating group) is 1. The van der Waals surface area contributed by atoms with Gasteiger partial charge >= 0.3 is 0 Å². The Labute approximate surface area is 121 Å². The number of sulfone groups is 1. The first-order valence-electron chi connectivity index (χ1n) is 6.52. The highest BCUT2D eigenvalue weighted by Crippen LogP contribution is 2.24. The van der Waals surface area contributed by atoms with E-state index in [0.29, 0.717) is 6.54 Å². The van der Waals surface area contributed by atoms with Crippen molar-refractivity contribution in [1.29, 1.82) is 0 Å². The minimum Gasteiger partial charge on any atom is -0.497 e. The van der Waals surface area contributed by atoms with Crippen LogP contribution in [0.3, 0.4) is 0 Å². The number of rotatable bonds is 7. The maximum atomic E-state index is 11.3. The molecular formula is C14H24N2O3S. The average molecular weight is 300 g/mol. The van der Waals surface area contributed by atoms with Gasteiger partial charge in [-0.3, -0.25) is 4.90 Å². The van der Waals surface area contributed by atoms with Crippen molar-refractivity contribution >= 4 is 9.84 Å². The molecule has 0 saturated carbocycles. The third-order valence-electron chi connectivity index (χ3n) is 3.25. The lowest BCUT2D eigenvalue weighted by atomic mass is 9.99. The van der Waals surface area contributed by atoms with Crippen LogP contribution in [-0.2, 0) is 9.84 Å². The Bertz CT molecular complexity index is 512. The molecule has 0 spiro atoms. The Morgan fingerprint density at radius 3 is 2.25 bits per heavy atom. The van der Waals surface area contributed by atoms with E-state index in [9.17, 15) is 8.42 Å². The molecule has 0 radical (unpaired) electrons. The van der Waals surface area contributed by atoms with Crippen LogP contribution in [-0.4, -0.2) is 52.1 Å². The highest BCUT2D eigenvalue weighted by Gasteiger charge is 2.22. The van der Waals surface area contributed by atoms with Gasteiger partial charge in [0.15, 0.2) is 0 Å². The second-order valence-corrected chi connectivity index (χ2v) is 7.45. The average Bonchev–Trinajstić information content (AvgIpc) is 2.36. The van der Waals surface area contributed by atoms with E-state index in [1.807, 2.05) is 43.1 Å². The number of nitrogens with zero attached hydrogens (tertiary/aromatic N) is 1. The molecule has 0 aliphatic carbocycles. The van der Waals surface area contributed by atoms with Crippen molar-refractivity contribution in [1.82, 2.24) is 4.90 Å². The molecule has 0 fully saturated rings. The van der Waals surface area contributed by atoms with Crippen molar-refractivity contribution in [3.63, 3.8) is 0 Å². The van der Waals surface area contributed by atoms with Gasteiger partial charge in [-0.25, -0.2) is 8.42 Å². The van der Waals surface area contributed by atoms with Crippen LogP contribution in [0, 0.1) is 0 Å². The standard InChI is InChI=1S/C14H24N2O3S/c1-11(15)14(16(2)9-10-20(4,17)18)12-5-7-13(19-3)8-6-12/h5-8,11,14H,9-10,15H2,1-4H3. The van der Waals surface area contributed by atoms with Crippen molar-refractivity contribution in [2.75, 3.05) is 32.7 Å². The van der Waals surface area contributed by atoms with Gasteiger partial charge in [0.25, 0.3) is 0 Å². The fourth-order valence-electron chi connectivity index (χ4n) is 2.21. The Balaban J connectivity index is 2.87. The van der Waals surface area contributed by atoms with Crippen LogP contribution < -0.4 is 10.5 Å². The lowest BCUT2D eigenvalue weighted by Crippen LogP contribution is -2.39. The first-order valence-corrected chi connectivity index (χ1v) is 8.58. The van der Waals surface area contributed by atoms with Gasteiger partial charge in [0.1, 0.15) is 15.6 Å². The Morgan fingerprint density at radius 2 is 1.85 bits per heavy atom. The van der Waals surface area contributed by atoms with E-state index in [1.54, 1.807) is 7.11 Å². The van der Waals surface area contributed by atoms with Crippen LogP contribution in [0.1, 0.15) is 18.5 Å². The second kappa shape index (κ2) is 7.06. The molecule has 6 heteroatoms. The van der Waals surface area contributed by atoms with Crippen molar-refractivity contribution in [3.05, 3.63) is 29.8 Å². The number of nitrogens with two attached hydrogens (primary N) is 1. The summed E-state index contributed by atoms with van der Waals surface area (Å²) in [4.78, 5) is 1.98. The maximum absolute atomic E-state index is 11.3. The summed E-state index contributed by atoms with van der Waals surface area (Å²) < 4.78 is 27.7.